The third-order valence-corrected chi connectivity index (χ3v) is 11.5. The molecule has 7 rings (SSSR count). The fourth-order valence-corrected chi connectivity index (χ4v) is 8.41. The van der Waals surface area contributed by atoms with Crippen LogP contribution in [-0.2, 0) is 0 Å². The van der Waals surface area contributed by atoms with Gasteiger partial charge in [0.25, 0.3) is 11.8 Å². The molecule has 12 heteroatoms. The molecule has 5 aromatic rings. The quantitative estimate of drug-likeness (QED) is 0.203. The van der Waals surface area contributed by atoms with Gasteiger partial charge >= 0.3 is 0 Å². The number of benzene rings is 3. The normalized spacial score (nSPS) is 16.3. The summed E-state index contributed by atoms with van der Waals surface area (Å²) in [6.07, 6.45) is 3.18. The van der Waals surface area contributed by atoms with Crippen LogP contribution in [0.3, 0.4) is 0 Å². The van der Waals surface area contributed by atoms with Crippen LogP contribution in [0.25, 0.3) is 20.4 Å². The summed E-state index contributed by atoms with van der Waals surface area (Å²) in [6, 6.07) is 16.9. The topological polar surface area (TPSA) is 72.9 Å². The Hall–Kier alpha value is -4.16. The standard InChI is InChI=1S/C34H34F2N6O2S2/c1-39(33-37-27-19-23(35)6-8-29(27)45-33)25-10-14-41(15-11-25)31(43)21-4-3-5-22(18-21)32(44)42-16-12-26(13-17-42)40(2)34-38-28-20-24(36)7-9-30(28)46-34/h3-9,18-20,25-26H,10-17H2,1-2H3. The van der Waals surface area contributed by atoms with Crippen LogP contribution in [0.4, 0.5) is 19.0 Å². The molecular formula is C34H34F2N6O2S2. The highest BCUT2D eigenvalue weighted by Gasteiger charge is 2.30. The van der Waals surface area contributed by atoms with Crippen molar-refractivity contribution in [3.63, 3.8) is 0 Å². The zero-order valence-electron chi connectivity index (χ0n) is 25.7. The SMILES string of the molecule is CN(c1nc2cc(F)ccc2s1)C1CCN(C(=O)c2cccc(C(=O)N3CCC(N(C)c4nc5cc(F)ccc5s4)CC3)c2)CC1. The van der Waals surface area contributed by atoms with Crippen LogP contribution < -0.4 is 9.80 Å². The fraction of sp³-hybridized carbons (Fsp3) is 0.353. The highest BCUT2D eigenvalue weighted by Crippen LogP contribution is 2.33. The molecule has 4 heterocycles. The zero-order valence-corrected chi connectivity index (χ0v) is 27.3. The molecule has 238 valence electrons. The summed E-state index contributed by atoms with van der Waals surface area (Å²) in [6.45, 7) is 2.43. The molecule has 46 heavy (non-hydrogen) atoms. The van der Waals surface area contributed by atoms with E-state index in [1.165, 1.54) is 24.3 Å². The number of hydrogen-bond acceptors (Lipinski definition) is 8. The van der Waals surface area contributed by atoms with E-state index < -0.39 is 0 Å². The van der Waals surface area contributed by atoms with Crippen molar-refractivity contribution in [2.75, 3.05) is 50.1 Å². The van der Waals surface area contributed by atoms with Crippen LogP contribution in [0.5, 0.6) is 0 Å². The van der Waals surface area contributed by atoms with Crippen molar-refractivity contribution in [3.05, 3.63) is 83.4 Å². The molecule has 2 amide bonds. The van der Waals surface area contributed by atoms with Crippen LogP contribution in [0, 0.1) is 11.6 Å². The Morgan fingerprint density at radius 2 is 1.09 bits per heavy atom. The first kappa shape index (κ1) is 30.5. The monoisotopic (exact) mass is 660 g/mol. The lowest BCUT2D eigenvalue weighted by molar-refractivity contribution is 0.0711. The summed E-state index contributed by atoms with van der Waals surface area (Å²) >= 11 is 3.09. The maximum absolute atomic E-state index is 13.6. The van der Waals surface area contributed by atoms with E-state index >= 15 is 0 Å². The highest BCUT2D eigenvalue weighted by molar-refractivity contribution is 7.22. The third kappa shape index (κ3) is 6.03. The largest absolute Gasteiger partial charge is 0.348 e. The first-order chi connectivity index (χ1) is 22.2. The van der Waals surface area contributed by atoms with Gasteiger partial charge in [-0.2, -0.15) is 0 Å². The first-order valence-corrected chi connectivity index (χ1v) is 17.1. The average molecular weight is 661 g/mol. The van der Waals surface area contributed by atoms with Gasteiger partial charge in [0.2, 0.25) is 0 Å². The van der Waals surface area contributed by atoms with Gasteiger partial charge in [-0.3, -0.25) is 9.59 Å². The van der Waals surface area contributed by atoms with E-state index in [-0.39, 0.29) is 35.5 Å². The Morgan fingerprint density at radius 3 is 1.50 bits per heavy atom. The maximum atomic E-state index is 13.6. The number of piperidine rings is 2. The van der Waals surface area contributed by atoms with Gasteiger partial charge in [0.05, 0.1) is 20.4 Å². The van der Waals surface area contributed by atoms with E-state index in [4.69, 9.17) is 0 Å². The van der Waals surface area contributed by atoms with E-state index in [9.17, 15) is 18.4 Å². The molecule has 0 atom stereocenters. The van der Waals surface area contributed by atoms with Gasteiger partial charge in [0.15, 0.2) is 10.3 Å². The van der Waals surface area contributed by atoms with Crippen molar-refractivity contribution in [1.82, 2.24) is 19.8 Å². The van der Waals surface area contributed by atoms with Gasteiger partial charge < -0.3 is 19.6 Å². The minimum absolute atomic E-state index is 0.0673. The molecule has 2 fully saturated rings. The van der Waals surface area contributed by atoms with E-state index in [1.54, 1.807) is 59.1 Å². The van der Waals surface area contributed by atoms with Gasteiger partial charge in [-0.15, -0.1) is 0 Å². The van der Waals surface area contributed by atoms with E-state index in [0.29, 0.717) is 48.3 Å². The van der Waals surface area contributed by atoms with Gasteiger partial charge in [-0.05, 0) is 68.1 Å². The van der Waals surface area contributed by atoms with Crippen molar-refractivity contribution in [2.24, 2.45) is 0 Å². The number of rotatable bonds is 6. The van der Waals surface area contributed by atoms with Crippen LogP contribution in [0.1, 0.15) is 46.4 Å². The highest BCUT2D eigenvalue weighted by atomic mass is 32.1. The third-order valence-electron chi connectivity index (χ3n) is 9.24. The molecule has 0 radical (unpaired) electrons. The number of amides is 2. The molecule has 2 saturated heterocycles. The fourth-order valence-electron chi connectivity index (χ4n) is 6.45. The van der Waals surface area contributed by atoms with Crippen molar-refractivity contribution in [1.29, 1.82) is 0 Å². The Morgan fingerprint density at radius 1 is 0.674 bits per heavy atom. The van der Waals surface area contributed by atoms with Gasteiger partial charge in [0, 0.05) is 75.6 Å². The van der Waals surface area contributed by atoms with Crippen LogP contribution in [0.15, 0.2) is 60.7 Å². The number of carbonyl (C=O) groups is 2. The van der Waals surface area contributed by atoms with Crippen molar-refractivity contribution in [3.8, 4) is 0 Å². The molecule has 0 unspecified atom stereocenters. The Balaban J connectivity index is 0.938. The second kappa shape index (κ2) is 12.6. The molecular weight excluding hydrogens is 627 g/mol. The lowest BCUT2D eigenvalue weighted by Gasteiger charge is -2.37. The number of anilines is 2. The Bertz CT molecular complexity index is 1780. The summed E-state index contributed by atoms with van der Waals surface area (Å²) in [5, 5.41) is 1.70. The summed E-state index contributed by atoms with van der Waals surface area (Å²) in [5.74, 6) is -0.720. The number of likely N-dealkylation sites (tertiary alicyclic amines) is 2. The van der Waals surface area contributed by atoms with Crippen LogP contribution in [0.2, 0.25) is 0 Å². The van der Waals surface area contributed by atoms with Crippen LogP contribution in [-0.4, -0.2) is 83.9 Å². The maximum Gasteiger partial charge on any atom is 0.253 e. The number of hydrogen-bond donors (Lipinski definition) is 0. The number of thiazole rings is 2. The number of halogens is 2. The van der Waals surface area contributed by atoms with Crippen molar-refractivity contribution < 1.29 is 18.4 Å². The summed E-state index contributed by atoms with van der Waals surface area (Å²) in [4.78, 5) is 44.2. The van der Waals surface area contributed by atoms with Crippen molar-refractivity contribution >= 4 is 65.2 Å². The molecule has 2 aromatic heterocycles. The van der Waals surface area contributed by atoms with E-state index in [2.05, 4.69) is 19.8 Å². The molecule has 0 spiro atoms. The van der Waals surface area contributed by atoms with Gasteiger partial charge in [-0.25, -0.2) is 18.7 Å². The molecule has 0 N–H and O–H groups in total. The van der Waals surface area contributed by atoms with Gasteiger partial charge in [-0.1, -0.05) is 28.7 Å². The molecule has 0 bridgehead atoms. The average Bonchev–Trinajstić information content (AvgIpc) is 3.71. The summed E-state index contributed by atoms with van der Waals surface area (Å²) in [5.41, 5.74) is 2.36. The van der Waals surface area contributed by atoms with E-state index in [0.717, 1.165) is 45.3 Å². The predicted octanol–water partition coefficient (Wildman–Crippen LogP) is 6.67. The molecule has 8 nitrogen and oxygen atoms in total. The Kier molecular flexibility index (Phi) is 8.33. The summed E-state index contributed by atoms with van der Waals surface area (Å²) < 4.78 is 29.2. The smallest absolute Gasteiger partial charge is 0.253 e. The van der Waals surface area contributed by atoms with Gasteiger partial charge in [0.1, 0.15) is 11.6 Å². The lowest BCUT2D eigenvalue weighted by atomic mass is 10.0. The van der Waals surface area contributed by atoms with E-state index in [1.807, 2.05) is 23.9 Å². The minimum atomic E-state index is -0.293. The second-order valence-electron chi connectivity index (χ2n) is 12.1. The lowest BCUT2D eigenvalue weighted by Crippen LogP contribution is -2.46. The first-order valence-electron chi connectivity index (χ1n) is 15.5. The predicted molar refractivity (Wildman–Crippen MR) is 180 cm³/mol. The molecule has 0 aliphatic carbocycles. The van der Waals surface area contributed by atoms with Crippen LogP contribution >= 0.6 is 22.7 Å². The zero-order chi connectivity index (χ0) is 31.9. The molecule has 3 aromatic carbocycles. The Labute approximate surface area is 273 Å². The second-order valence-corrected chi connectivity index (χ2v) is 14.1. The number of fused-ring (bicyclic) bond motifs is 2. The van der Waals surface area contributed by atoms with Crippen molar-refractivity contribution in [2.45, 2.75) is 37.8 Å². The number of aromatic nitrogens is 2. The molecule has 2 aliphatic heterocycles. The molecule has 0 saturated carbocycles. The summed E-state index contributed by atoms with van der Waals surface area (Å²) in [7, 11) is 4.02. The molecule has 2 aliphatic rings. The minimum Gasteiger partial charge on any atom is -0.348 e. The number of carbonyl (C=O) groups excluding carboxylic acids is 2. The number of nitrogens with zero attached hydrogens (tertiary/aromatic N) is 6.